The van der Waals surface area contributed by atoms with Crippen LogP contribution in [0.3, 0.4) is 0 Å². The van der Waals surface area contributed by atoms with Crippen LogP contribution in [0.5, 0.6) is 0 Å². The van der Waals surface area contributed by atoms with Crippen LogP contribution in [0, 0.1) is 17.2 Å². The van der Waals surface area contributed by atoms with E-state index in [1.54, 1.807) is 6.92 Å². The van der Waals surface area contributed by atoms with E-state index in [2.05, 4.69) is 11.4 Å². The molecule has 1 amide bonds. The van der Waals surface area contributed by atoms with E-state index < -0.39 is 17.9 Å². The van der Waals surface area contributed by atoms with Gasteiger partial charge >= 0.3 is 5.97 Å². The van der Waals surface area contributed by atoms with Gasteiger partial charge in [0.1, 0.15) is 6.04 Å². The molecule has 0 fully saturated rings. The molecular weight excluding hydrogens is 328 g/mol. The minimum absolute atomic E-state index is 0.213. The first-order valence-corrected chi connectivity index (χ1v) is 8.52. The van der Waals surface area contributed by atoms with Crippen molar-refractivity contribution in [2.45, 2.75) is 25.3 Å². The molecule has 2 aromatic rings. The number of nitrogens with zero attached hydrogens (tertiary/aromatic N) is 1. The molecule has 1 aliphatic carbocycles. The smallest absolute Gasteiger partial charge is 0.328 e. The lowest BCUT2D eigenvalue weighted by Crippen LogP contribution is -2.44. The van der Waals surface area contributed by atoms with Crippen molar-refractivity contribution in [3.8, 4) is 17.2 Å². The molecule has 0 spiro atoms. The van der Waals surface area contributed by atoms with Crippen LogP contribution in [0.4, 0.5) is 0 Å². The Morgan fingerprint density at radius 2 is 1.65 bits per heavy atom. The molecule has 0 saturated carbocycles. The fourth-order valence-electron chi connectivity index (χ4n) is 3.46. The summed E-state index contributed by atoms with van der Waals surface area (Å²) in [5, 5.41) is 11.8. The summed E-state index contributed by atoms with van der Waals surface area (Å²) >= 11 is 0. The van der Waals surface area contributed by atoms with Crippen molar-refractivity contribution in [3.05, 3.63) is 59.7 Å². The van der Waals surface area contributed by atoms with Gasteiger partial charge in [0.25, 0.3) is 0 Å². The maximum absolute atomic E-state index is 13.1. The van der Waals surface area contributed by atoms with E-state index >= 15 is 0 Å². The number of benzene rings is 2. The SMILES string of the molecule is COC(=O)[C@@H](C[C@H](C)C#N)NC(=O)C1c2ccccc2-c2ccccc21. The van der Waals surface area contributed by atoms with Crippen LogP contribution in [-0.2, 0) is 14.3 Å². The maximum Gasteiger partial charge on any atom is 0.328 e. The monoisotopic (exact) mass is 348 g/mol. The number of ether oxygens (including phenoxy) is 1. The normalized spacial score (nSPS) is 14.5. The predicted molar refractivity (Wildman–Crippen MR) is 97.1 cm³/mol. The summed E-state index contributed by atoms with van der Waals surface area (Å²) in [6.07, 6.45) is 0.213. The molecule has 0 heterocycles. The summed E-state index contributed by atoms with van der Waals surface area (Å²) in [4.78, 5) is 25.1. The van der Waals surface area contributed by atoms with Crippen LogP contribution in [0.25, 0.3) is 11.1 Å². The summed E-state index contributed by atoms with van der Waals surface area (Å²) in [7, 11) is 1.28. The molecular formula is C21H20N2O3. The molecule has 0 bridgehead atoms. The van der Waals surface area contributed by atoms with Gasteiger partial charge in [0.2, 0.25) is 5.91 Å². The molecule has 0 radical (unpaired) electrons. The quantitative estimate of drug-likeness (QED) is 0.843. The van der Waals surface area contributed by atoms with Crippen LogP contribution in [0.15, 0.2) is 48.5 Å². The van der Waals surface area contributed by atoms with Crippen molar-refractivity contribution in [2.75, 3.05) is 7.11 Å². The van der Waals surface area contributed by atoms with Gasteiger partial charge in [-0.2, -0.15) is 5.26 Å². The second-order valence-corrected chi connectivity index (χ2v) is 6.46. The van der Waals surface area contributed by atoms with Gasteiger partial charge in [0.15, 0.2) is 0 Å². The van der Waals surface area contributed by atoms with Crippen LogP contribution in [0.2, 0.25) is 0 Å². The number of fused-ring (bicyclic) bond motifs is 3. The van der Waals surface area contributed by atoms with Crippen molar-refractivity contribution in [1.29, 1.82) is 5.26 Å². The predicted octanol–water partition coefficient (Wildman–Crippen LogP) is 3.01. The molecule has 2 atom stereocenters. The van der Waals surface area contributed by atoms with Gasteiger partial charge in [-0.3, -0.25) is 4.79 Å². The fourth-order valence-corrected chi connectivity index (χ4v) is 3.46. The zero-order chi connectivity index (χ0) is 18.7. The third-order valence-corrected chi connectivity index (χ3v) is 4.71. The highest BCUT2D eigenvalue weighted by atomic mass is 16.5. The summed E-state index contributed by atoms with van der Waals surface area (Å²) in [6.45, 7) is 1.71. The number of hydrogen-bond acceptors (Lipinski definition) is 4. The Labute approximate surface area is 152 Å². The van der Waals surface area contributed by atoms with Crippen molar-refractivity contribution in [1.82, 2.24) is 5.32 Å². The molecule has 26 heavy (non-hydrogen) atoms. The number of methoxy groups -OCH3 is 1. The summed E-state index contributed by atoms with van der Waals surface area (Å²) in [5.41, 5.74) is 3.90. The molecule has 5 heteroatoms. The first-order chi connectivity index (χ1) is 12.6. The molecule has 0 saturated heterocycles. The van der Waals surface area contributed by atoms with Crippen LogP contribution < -0.4 is 5.32 Å². The van der Waals surface area contributed by atoms with Crippen molar-refractivity contribution in [2.24, 2.45) is 5.92 Å². The largest absolute Gasteiger partial charge is 0.467 e. The zero-order valence-electron chi connectivity index (χ0n) is 14.7. The second kappa shape index (κ2) is 7.40. The molecule has 0 unspecified atom stereocenters. The summed E-state index contributed by atoms with van der Waals surface area (Å²) < 4.78 is 4.80. The Kier molecular flexibility index (Phi) is 5.04. The van der Waals surface area contributed by atoms with Crippen LogP contribution in [0.1, 0.15) is 30.4 Å². The highest BCUT2D eigenvalue weighted by Crippen LogP contribution is 2.44. The van der Waals surface area contributed by atoms with E-state index in [1.165, 1.54) is 7.11 Å². The van der Waals surface area contributed by atoms with E-state index in [9.17, 15) is 9.59 Å². The standard InChI is InChI=1S/C21H20N2O3/c1-13(12-22)11-18(21(25)26-2)23-20(24)19-16-9-5-3-7-14(16)15-8-4-6-10-17(15)19/h3-10,13,18-19H,11H2,1-2H3,(H,23,24)/t13-,18+/m0/s1. The molecule has 0 aromatic heterocycles. The second-order valence-electron chi connectivity index (χ2n) is 6.46. The first kappa shape index (κ1) is 17.7. The Morgan fingerprint density at radius 1 is 1.12 bits per heavy atom. The van der Waals surface area contributed by atoms with Gasteiger partial charge in [-0.15, -0.1) is 0 Å². The van der Waals surface area contributed by atoms with Gasteiger partial charge in [0.05, 0.1) is 19.1 Å². The lowest BCUT2D eigenvalue weighted by molar-refractivity contribution is -0.145. The molecule has 0 aliphatic heterocycles. The highest BCUT2D eigenvalue weighted by molar-refractivity contribution is 5.97. The molecule has 3 rings (SSSR count). The molecule has 1 N–H and O–H groups in total. The van der Waals surface area contributed by atoms with Gasteiger partial charge in [-0.1, -0.05) is 48.5 Å². The minimum Gasteiger partial charge on any atom is -0.467 e. The van der Waals surface area contributed by atoms with Crippen molar-refractivity contribution in [3.63, 3.8) is 0 Å². The van der Waals surface area contributed by atoms with Gasteiger partial charge < -0.3 is 10.1 Å². The number of carbonyl (C=O) groups is 2. The van der Waals surface area contributed by atoms with Crippen LogP contribution >= 0.6 is 0 Å². The summed E-state index contributed by atoms with van der Waals surface area (Å²) in [5.74, 6) is -1.66. The molecule has 132 valence electrons. The highest BCUT2D eigenvalue weighted by Gasteiger charge is 2.35. The van der Waals surface area contributed by atoms with E-state index in [4.69, 9.17) is 10.00 Å². The van der Waals surface area contributed by atoms with Crippen LogP contribution in [-0.4, -0.2) is 25.0 Å². The Bertz CT molecular complexity index is 839. The fraction of sp³-hybridized carbons (Fsp3) is 0.286. The molecule has 2 aromatic carbocycles. The van der Waals surface area contributed by atoms with E-state index in [0.29, 0.717) is 0 Å². The Balaban J connectivity index is 1.92. The van der Waals surface area contributed by atoms with Gasteiger partial charge in [-0.25, -0.2) is 4.79 Å². The number of nitriles is 1. The van der Waals surface area contributed by atoms with Gasteiger partial charge in [0, 0.05) is 5.92 Å². The van der Waals surface area contributed by atoms with Crippen molar-refractivity contribution >= 4 is 11.9 Å². The lowest BCUT2D eigenvalue weighted by atomic mass is 9.95. The van der Waals surface area contributed by atoms with E-state index in [1.807, 2.05) is 48.5 Å². The third-order valence-electron chi connectivity index (χ3n) is 4.71. The average Bonchev–Trinajstić information content (AvgIpc) is 3.01. The number of esters is 1. The Morgan fingerprint density at radius 3 is 2.15 bits per heavy atom. The molecule has 1 aliphatic rings. The number of nitrogens with one attached hydrogen (secondary N) is 1. The van der Waals surface area contributed by atoms with E-state index in [-0.39, 0.29) is 18.2 Å². The third kappa shape index (κ3) is 3.18. The zero-order valence-corrected chi connectivity index (χ0v) is 14.7. The lowest BCUT2D eigenvalue weighted by Gasteiger charge is -2.21. The van der Waals surface area contributed by atoms with Gasteiger partial charge in [-0.05, 0) is 35.6 Å². The number of rotatable bonds is 5. The Hall–Kier alpha value is -3.13. The average molecular weight is 348 g/mol. The van der Waals surface area contributed by atoms with Crippen molar-refractivity contribution < 1.29 is 14.3 Å². The number of hydrogen-bond donors (Lipinski definition) is 1. The molecule has 5 nitrogen and oxygen atoms in total. The number of carbonyl (C=O) groups excluding carboxylic acids is 2. The maximum atomic E-state index is 13.1. The minimum atomic E-state index is -0.845. The first-order valence-electron chi connectivity index (χ1n) is 8.52. The van der Waals surface area contributed by atoms with E-state index in [0.717, 1.165) is 22.3 Å². The topological polar surface area (TPSA) is 79.2 Å². The summed E-state index contributed by atoms with van der Waals surface area (Å²) in [6, 6.07) is 16.8. The number of amides is 1.